The van der Waals surface area contributed by atoms with Gasteiger partial charge < -0.3 is 15.4 Å². The van der Waals surface area contributed by atoms with Gasteiger partial charge in [-0.2, -0.15) is 0 Å². The number of carbonyl (C=O) groups is 1. The maximum atomic E-state index is 10.1. The number of fused-ring (bicyclic) bond motifs is 1. The molecule has 0 unspecified atom stereocenters. The molecular formula is C11H10N2O2. The highest BCUT2D eigenvalue weighted by Crippen LogP contribution is 2.26. The Balaban J connectivity index is 2.47. The molecule has 4 nitrogen and oxygen atoms in total. The van der Waals surface area contributed by atoms with E-state index >= 15 is 0 Å². The van der Waals surface area contributed by atoms with Crippen LogP contribution in [0.25, 0.3) is 17.0 Å². The van der Waals surface area contributed by atoms with E-state index in [1.54, 1.807) is 30.6 Å². The molecule has 0 saturated carbocycles. The van der Waals surface area contributed by atoms with Crippen LogP contribution in [0.3, 0.4) is 0 Å². The van der Waals surface area contributed by atoms with E-state index in [-0.39, 0.29) is 5.75 Å². The first-order valence-electron chi connectivity index (χ1n) is 4.48. The van der Waals surface area contributed by atoms with Crippen LogP contribution in [0.1, 0.15) is 5.56 Å². The number of phenols is 1. The Morgan fingerprint density at radius 1 is 1.33 bits per heavy atom. The maximum Gasteiger partial charge on any atom is 0.211 e. The van der Waals surface area contributed by atoms with E-state index in [1.807, 2.05) is 6.07 Å². The molecule has 0 aliphatic rings. The zero-order chi connectivity index (χ0) is 10.7. The summed E-state index contributed by atoms with van der Waals surface area (Å²) in [6, 6.07) is 5.27. The molecule has 0 aliphatic heterocycles. The Morgan fingerprint density at radius 2 is 2.20 bits per heavy atom. The molecule has 0 aliphatic carbocycles. The van der Waals surface area contributed by atoms with Gasteiger partial charge in [-0.05, 0) is 23.8 Å². The Hall–Kier alpha value is -2.23. The van der Waals surface area contributed by atoms with Gasteiger partial charge in [-0.1, -0.05) is 6.07 Å². The molecule has 1 aromatic carbocycles. The lowest BCUT2D eigenvalue weighted by Crippen LogP contribution is -1.97. The number of benzene rings is 1. The van der Waals surface area contributed by atoms with Crippen molar-refractivity contribution in [3.63, 3.8) is 0 Å². The zero-order valence-electron chi connectivity index (χ0n) is 7.90. The number of nitrogens with one attached hydrogen (secondary N) is 2. The number of phenolic OH excluding ortho intramolecular Hbond substituents is 1. The smallest absolute Gasteiger partial charge is 0.211 e. The van der Waals surface area contributed by atoms with Gasteiger partial charge >= 0.3 is 0 Å². The number of aromatic nitrogens is 1. The lowest BCUT2D eigenvalue weighted by atomic mass is 10.1. The Bertz CT molecular complexity index is 514. The molecule has 4 heteroatoms. The van der Waals surface area contributed by atoms with Crippen LogP contribution in [0.5, 0.6) is 5.75 Å². The normalized spacial score (nSPS) is 10.9. The summed E-state index contributed by atoms with van der Waals surface area (Å²) in [5.74, 6) is 0.218. The van der Waals surface area contributed by atoms with Crippen molar-refractivity contribution in [1.82, 2.24) is 10.3 Å². The van der Waals surface area contributed by atoms with Crippen LogP contribution in [-0.2, 0) is 4.79 Å². The van der Waals surface area contributed by atoms with Crippen molar-refractivity contribution < 1.29 is 9.90 Å². The van der Waals surface area contributed by atoms with Crippen LogP contribution in [-0.4, -0.2) is 16.5 Å². The number of aromatic hydroxyl groups is 1. The molecule has 15 heavy (non-hydrogen) atoms. The third-order valence-electron chi connectivity index (χ3n) is 2.16. The van der Waals surface area contributed by atoms with Gasteiger partial charge in [0, 0.05) is 17.8 Å². The SMILES string of the molecule is O=CNC=Cc1ccc(O)c2[nH]ccc12. The van der Waals surface area contributed by atoms with E-state index in [0.29, 0.717) is 11.9 Å². The molecule has 0 spiro atoms. The van der Waals surface area contributed by atoms with Crippen LogP contribution in [0.2, 0.25) is 0 Å². The van der Waals surface area contributed by atoms with Crippen molar-refractivity contribution in [2.45, 2.75) is 0 Å². The molecule has 2 aromatic rings. The van der Waals surface area contributed by atoms with Gasteiger partial charge in [0.2, 0.25) is 6.41 Å². The zero-order valence-corrected chi connectivity index (χ0v) is 7.90. The summed E-state index contributed by atoms with van der Waals surface area (Å²) in [6.07, 6.45) is 5.68. The fourth-order valence-corrected chi connectivity index (χ4v) is 1.49. The molecule has 0 fully saturated rings. The number of amides is 1. The van der Waals surface area contributed by atoms with Gasteiger partial charge in [-0.3, -0.25) is 4.79 Å². The summed E-state index contributed by atoms with van der Waals surface area (Å²) in [5, 5.41) is 12.9. The molecule has 0 radical (unpaired) electrons. The average molecular weight is 202 g/mol. The minimum absolute atomic E-state index is 0.218. The minimum atomic E-state index is 0.218. The van der Waals surface area contributed by atoms with E-state index in [9.17, 15) is 9.90 Å². The summed E-state index contributed by atoms with van der Waals surface area (Å²) >= 11 is 0. The van der Waals surface area contributed by atoms with E-state index < -0.39 is 0 Å². The van der Waals surface area contributed by atoms with Gasteiger partial charge in [0.15, 0.2) is 0 Å². The lowest BCUT2D eigenvalue weighted by Gasteiger charge is -1.99. The molecule has 0 saturated heterocycles. The number of hydrogen-bond acceptors (Lipinski definition) is 2. The van der Waals surface area contributed by atoms with Crippen LogP contribution < -0.4 is 5.32 Å². The van der Waals surface area contributed by atoms with E-state index in [2.05, 4.69) is 10.3 Å². The largest absolute Gasteiger partial charge is 0.506 e. The second-order valence-electron chi connectivity index (χ2n) is 3.06. The van der Waals surface area contributed by atoms with Crippen molar-refractivity contribution in [2.24, 2.45) is 0 Å². The molecule has 0 atom stereocenters. The molecule has 76 valence electrons. The third-order valence-corrected chi connectivity index (χ3v) is 2.16. The van der Waals surface area contributed by atoms with Crippen LogP contribution in [0.15, 0.2) is 30.6 Å². The number of carbonyl (C=O) groups excluding carboxylic acids is 1. The highest BCUT2D eigenvalue weighted by Gasteiger charge is 2.03. The predicted octanol–water partition coefficient (Wildman–Crippen LogP) is 1.59. The second kappa shape index (κ2) is 3.88. The van der Waals surface area contributed by atoms with Crippen LogP contribution >= 0.6 is 0 Å². The first kappa shape index (κ1) is 9.33. The van der Waals surface area contributed by atoms with Crippen LogP contribution in [0, 0.1) is 0 Å². The monoisotopic (exact) mass is 202 g/mol. The highest BCUT2D eigenvalue weighted by atomic mass is 16.3. The van der Waals surface area contributed by atoms with Gasteiger partial charge in [0.05, 0.1) is 5.52 Å². The molecular weight excluding hydrogens is 192 g/mol. The van der Waals surface area contributed by atoms with Gasteiger partial charge in [-0.25, -0.2) is 0 Å². The van der Waals surface area contributed by atoms with Gasteiger partial charge in [-0.15, -0.1) is 0 Å². The minimum Gasteiger partial charge on any atom is -0.506 e. The molecule has 1 aromatic heterocycles. The Morgan fingerprint density at radius 3 is 3.00 bits per heavy atom. The number of hydrogen-bond donors (Lipinski definition) is 3. The Kier molecular flexibility index (Phi) is 2.41. The lowest BCUT2D eigenvalue weighted by molar-refractivity contribution is -0.108. The summed E-state index contributed by atoms with van der Waals surface area (Å²) in [7, 11) is 0. The number of H-pyrrole nitrogens is 1. The van der Waals surface area contributed by atoms with Crippen molar-refractivity contribution >= 4 is 23.4 Å². The summed E-state index contributed by atoms with van der Waals surface area (Å²) in [4.78, 5) is 13.0. The standard InChI is InChI=1S/C11H10N2O2/c14-7-12-5-3-8-1-2-10(15)11-9(8)4-6-13-11/h1-7,13,15H,(H,12,14). The average Bonchev–Trinajstić information content (AvgIpc) is 2.71. The first-order chi connectivity index (χ1) is 7.33. The first-order valence-corrected chi connectivity index (χ1v) is 4.48. The fraction of sp³-hybridized carbons (Fsp3) is 0. The van der Waals surface area contributed by atoms with Crippen molar-refractivity contribution in [1.29, 1.82) is 0 Å². The molecule has 1 heterocycles. The third kappa shape index (κ3) is 1.69. The van der Waals surface area contributed by atoms with Crippen molar-refractivity contribution in [3.05, 3.63) is 36.2 Å². The van der Waals surface area contributed by atoms with Gasteiger partial charge in [0.1, 0.15) is 5.75 Å². The number of rotatable bonds is 3. The van der Waals surface area contributed by atoms with Crippen molar-refractivity contribution in [2.75, 3.05) is 0 Å². The van der Waals surface area contributed by atoms with Crippen LogP contribution in [0.4, 0.5) is 0 Å². The topological polar surface area (TPSA) is 65.1 Å². The summed E-state index contributed by atoms with van der Waals surface area (Å²) in [6.45, 7) is 0. The molecule has 1 amide bonds. The molecule has 3 N–H and O–H groups in total. The molecule has 2 rings (SSSR count). The second-order valence-corrected chi connectivity index (χ2v) is 3.06. The predicted molar refractivity (Wildman–Crippen MR) is 58.2 cm³/mol. The number of aromatic amines is 1. The van der Waals surface area contributed by atoms with E-state index in [4.69, 9.17) is 0 Å². The quantitative estimate of drug-likeness (QED) is 0.662. The van der Waals surface area contributed by atoms with Gasteiger partial charge in [0.25, 0.3) is 0 Å². The maximum absolute atomic E-state index is 10.1. The summed E-state index contributed by atoms with van der Waals surface area (Å²) < 4.78 is 0. The van der Waals surface area contributed by atoms with E-state index in [1.165, 1.54) is 0 Å². The summed E-state index contributed by atoms with van der Waals surface area (Å²) in [5.41, 5.74) is 1.63. The van der Waals surface area contributed by atoms with Crippen molar-refractivity contribution in [3.8, 4) is 5.75 Å². The fourth-order valence-electron chi connectivity index (χ4n) is 1.49. The Labute approximate surface area is 86.2 Å². The van der Waals surface area contributed by atoms with E-state index in [0.717, 1.165) is 10.9 Å². The highest BCUT2D eigenvalue weighted by molar-refractivity contribution is 5.92. The molecule has 0 bridgehead atoms.